The Labute approximate surface area is 132 Å². The minimum absolute atomic E-state index is 0.00583. The second-order valence-corrected chi connectivity index (χ2v) is 6.36. The molecule has 5 nitrogen and oxygen atoms in total. The molecular formula is C15H18FN3O2S. The van der Waals surface area contributed by atoms with E-state index in [4.69, 9.17) is 4.74 Å². The molecule has 3 rings (SSSR count). The van der Waals surface area contributed by atoms with Crippen LogP contribution in [0, 0.1) is 11.7 Å². The molecule has 0 unspecified atom stereocenters. The molecule has 0 bridgehead atoms. The molecule has 0 radical (unpaired) electrons. The molecule has 2 heterocycles. The highest BCUT2D eigenvalue weighted by molar-refractivity contribution is 7.22. The van der Waals surface area contributed by atoms with Crippen LogP contribution in [0.15, 0.2) is 18.2 Å². The molecule has 0 spiro atoms. The number of ether oxygens (including phenoxy) is 1. The minimum Gasteiger partial charge on any atom is -0.385 e. The Hall–Kier alpha value is -1.73. The van der Waals surface area contributed by atoms with Gasteiger partial charge in [-0.25, -0.2) is 9.37 Å². The first-order valence-electron chi connectivity index (χ1n) is 7.25. The number of carbonyl (C=O) groups is 1. The summed E-state index contributed by atoms with van der Waals surface area (Å²) in [6, 6.07) is 4.60. The number of rotatable bonds is 6. The van der Waals surface area contributed by atoms with Crippen molar-refractivity contribution in [3.05, 3.63) is 24.0 Å². The van der Waals surface area contributed by atoms with Gasteiger partial charge >= 0.3 is 0 Å². The fourth-order valence-electron chi connectivity index (χ4n) is 2.39. The number of halogens is 1. The predicted octanol–water partition coefficient (Wildman–Crippen LogP) is 2.02. The van der Waals surface area contributed by atoms with Crippen LogP contribution < -0.4 is 10.2 Å². The normalized spacial score (nSPS) is 15.1. The molecule has 22 heavy (non-hydrogen) atoms. The van der Waals surface area contributed by atoms with Gasteiger partial charge in [0, 0.05) is 33.4 Å². The first-order chi connectivity index (χ1) is 10.7. The number of hydrogen-bond donors (Lipinski definition) is 1. The molecular weight excluding hydrogens is 305 g/mol. The number of thiazole rings is 1. The van der Waals surface area contributed by atoms with Gasteiger partial charge in [-0.15, -0.1) is 0 Å². The van der Waals surface area contributed by atoms with E-state index in [0.29, 0.717) is 26.2 Å². The zero-order valence-corrected chi connectivity index (χ0v) is 13.2. The highest BCUT2D eigenvalue weighted by Gasteiger charge is 2.34. The van der Waals surface area contributed by atoms with E-state index in [1.165, 1.54) is 23.5 Å². The lowest BCUT2D eigenvalue weighted by molar-refractivity contribution is -0.125. The van der Waals surface area contributed by atoms with Crippen molar-refractivity contribution in [1.29, 1.82) is 0 Å². The summed E-state index contributed by atoms with van der Waals surface area (Å²) in [5, 5.41) is 3.76. The fourth-order valence-corrected chi connectivity index (χ4v) is 3.40. The highest BCUT2D eigenvalue weighted by Crippen LogP contribution is 2.33. The average Bonchev–Trinajstić information content (AvgIpc) is 2.84. The molecule has 1 aromatic heterocycles. The Kier molecular flexibility index (Phi) is 4.54. The lowest BCUT2D eigenvalue weighted by Crippen LogP contribution is -2.53. The monoisotopic (exact) mass is 323 g/mol. The van der Waals surface area contributed by atoms with Crippen LogP contribution in [0.4, 0.5) is 9.52 Å². The van der Waals surface area contributed by atoms with E-state index in [1.54, 1.807) is 13.2 Å². The average molecular weight is 323 g/mol. The Morgan fingerprint density at radius 3 is 3.14 bits per heavy atom. The molecule has 0 saturated carbocycles. The molecule has 118 valence electrons. The first kappa shape index (κ1) is 15.2. The van der Waals surface area contributed by atoms with Gasteiger partial charge < -0.3 is 15.0 Å². The van der Waals surface area contributed by atoms with E-state index >= 15 is 0 Å². The van der Waals surface area contributed by atoms with E-state index in [2.05, 4.69) is 15.2 Å². The van der Waals surface area contributed by atoms with Crippen molar-refractivity contribution in [3.63, 3.8) is 0 Å². The van der Waals surface area contributed by atoms with Gasteiger partial charge in [0.1, 0.15) is 5.82 Å². The maximum absolute atomic E-state index is 13.2. The number of aromatic nitrogens is 1. The molecule has 1 aliphatic rings. The van der Waals surface area contributed by atoms with Gasteiger partial charge in [-0.2, -0.15) is 0 Å². The van der Waals surface area contributed by atoms with Crippen LogP contribution in [-0.4, -0.2) is 44.2 Å². The summed E-state index contributed by atoms with van der Waals surface area (Å²) >= 11 is 1.46. The van der Waals surface area contributed by atoms with Crippen molar-refractivity contribution in [2.45, 2.75) is 6.42 Å². The van der Waals surface area contributed by atoms with Crippen LogP contribution in [-0.2, 0) is 9.53 Å². The number of benzene rings is 1. The molecule has 1 fully saturated rings. The molecule has 7 heteroatoms. The quantitative estimate of drug-likeness (QED) is 0.827. The van der Waals surface area contributed by atoms with Gasteiger partial charge in [0.25, 0.3) is 0 Å². The topological polar surface area (TPSA) is 54.5 Å². The van der Waals surface area contributed by atoms with E-state index < -0.39 is 0 Å². The Morgan fingerprint density at radius 1 is 1.55 bits per heavy atom. The number of hydrogen-bond acceptors (Lipinski definition) is 5. The number of carbonyl (C=O) groups excluding carboxylic acids is 1. The number of amides is 1. The summed E-state index contributed by atoms with van der Waals surface area (Å²) in [6.07, 6.45) is 0.822. The van der Waals surface area contributed by atoms with Gasteiger partial charge in [-0.1, -0.05) is 11.3 Å². The number of fused-ring (bicyclic) bond motifs is 1. The minimum atomic E-state index is -0.250. The van der Waals surface area contributed by atoms with Gasteiger partial charge in [0.15, 0.2) is 5.13 Å². The maximum atomic E-state index is 13.2. The lowest BCUT2D eigenvalue weighted by atomic mass is 10.00. The summed E-state index contributed by atoms with van der Waals surface area (Å²) in [4.78, 5) is 18.5. The third-order valence-corrected chi connectivity index (χ3v) is 4.77. The maximum Gasteiger partial charge on any atom is 0.226 e. The molecule has 2 aromatic rings. The number of nitrogens with zero attached hydrogens (tertiary/aromatic N) is 2. The van der Waals surface area contributed by atoms with E-state index in [0.717, 1.165) is 21.8 Å². The zero-order chi connectivity index (χ0) is 15.5. The van der Waals surface area contributed by atoms with Crippen molar-refractivity contribution in [2.75, 3.05) is 38.3 Å². The van der Waals surface area contributed by atoms with Crippen molar-refractivity contribution >= 4 is 32.6 Å². The van der Waals surface area contributed by atoms with Crippen molar-refractivity contribution in [1.82, 2.24) is 10.3 Å². The molecule has 1 aromatic carbocycles. The summed E-state index contributed by atoms with van der Waals surface area (Å²) in [6.45, 7) is 2.62. The van der Waals surface area contributed by atoms with Crippen LogP contribution in [0.3, 0.4) is 0 Å². The lowest BCUT2D eigenvalue weighted by Gasteiger charge is -2.37. The standard InChI is InChI=1S/C15H18FN3O2S/c1-21-6-2-5-17-14(20)10-8-19(9-10)15-18-12-4-3-11(16)7-13(12)22-15/h3-4,7,10H,2,5-6,8-9H2,1H3,(H,17,20). The van der Waals surface area contributed by atoms with Gasteiger partial charge in [-0.3, -0.25) is 4.79 Å². The number of methoxy groups -OCH3 is 1. The van der Waals surface area contributed by atoms with Crippen LogP contribution in [0.1, 0.15) is 6.42 Å². The van der Waals surface area contributed by atoms with Crippen molar-refractivity contribution in [3.8, 4) is 0 Å². The fraction of sp³-hybridized carbons (Fsp3) is 0.467. The van der Waals surface area contributed by atoms with Crippen LogP contribution >= 0.6 is 11.3 Å². The third-order valence-electron chi connectivity index (χ3n) is 3.69. The molecule has 1 N–H and O–H groups in total. The molecule has 1 aliphatic heterocycles. The second kappa shape index (κ2) is 6.58. The Balaban J connectivity index is 1.52. The van der Waals surface area contributed by atoms with Crippen molar-refractivity contribution in [2.24, 2.45) is 5.92 Å². The smallest absolute Gasteiger partial charge is 0.226 e. The molecule has 0 aliphatic carbocycles. The molecule has 1 amide bonds. The molecule has 1 saturated heterocycles. The Morgan fingerprint density at radius 2 is 2.36 bits per heavy atom. The van der Waals surface area contributed by atoms with Crippen molar-refractivity contribution < 1.29 is 13.9 Å². The van der Waals surface area contributed by atoms with Gasteiger partial charge in [0.2, 0.25) is 5.91 Å². The third kappa shape index (κ3) is 3.20. The number of anilines is 1. The summed E-state index contributed by atoms with van der Waals surface area (Å²) < 4.78 is 19.0. The SMILES string of the molecule is COCCCNC(=O)C1CN(c2nc3ccc(F)cc3s2)C1. The van der Waals surface area contributed by atoms with Gasteiger partial charge in [0.05, 0.1) is 16.1 Å². The zero-order valence-electron chi connectivity index (χ0n) is 12.3. The summed E-state index contributed by atoms with van der Waals surface area (Å²) in [5.74, 6) is -0.162. The first-order valence-corrected chi connectivity index (χ1v) is 8.06. The largest absolute Gasteiger partial charge is 0.385 e. The van der Waals surface area contributed by atoms with Crippen LogP contribution in [0.2, 0.25) is 0 Å². The van der Waals surface area contributed by atoms with Gasteiger partial charge in [-0.05, 0) is 24.6 Å². The van der Waals surface area contributed by atoms with E-state index in [1.807, 2.05) is 0 Å². The Bertz CT molecular complexity index is 670. The molecule has 0 atom stereocenters. The van der Waals surface area contributed by atoms with Crippen LogP contribution in [0.5, 0.6) is 0 Å². The summed E-state index contributed by atoms with van der Waals surface area (Å²) in [5.41, 5.74) is 0.800. The van der Waals surface area contributed by atoms with E-state index in [9.17, 15) is 9.18 Å². The number of nitrogens with one attached hydrogen (secondary N) is 1. The highest BCUT2D eigenvalue weighted by atomic mass is 32.1. The second-order valence-electron chi connectivity index (χ2n) is 5.35. The summed E-state index contributed by atoms with van der Waals surface area (Å²) in [7, 11) is 1.65. The predicted molar refractivity (Wildman–Crippen MR) is 84.8 cm³/mol. The van der Waals surface area contributed by atoms with E-state index in [-0.39, 0.29) is 17.6 Å². The van der Waals surface area contributed by atoms with Crippen LogP contribution in [0.25, 0.3) is 10.2 Å².